The molecule has 1 amide bonds. The predicted octanol–water partition coefficient (Wildman–Crippen LogP) is 16.1. The maximum Gasteiger partial charge on any atom is 0.306 e. The monoisotopic (exact) mass is 1090 g/mol. The highest BCUT2D eigenvalue weighted by Crippen LogP contribution is 2.19. The molecule has 3 atom stereocenters. The van der Waals surface area contributed by atoms with Crippen LogP contribution >= 0.6 is 0 Å². The van der Waals surface area contributed by atoms with Crippen LogP contribution in [0.5, 0.6) is 0 Å². The third kappa shape index (κ3) is 46.3. The fourth-order valence-electron chi connectivity index (χ4n) is 9.75. The maximum absolute atomic E-state index is 14.1. The number of nitrogens with zero attached hydrogens (tertiary/aromatic N) is 2. The summed E-state index contributed by atoms with van der Waals surface area (Å²) in [5.74, 6) is -1.45. The quantitative estimate of drug-likeness (QED) is 0.0323. The molecule has 0 aliphatic carbocycles. The van der Waals surface area contributed by atoms with E-state index in [-0.39, 0.29) is 93.0 Å². The summed E-state index contributed by atoms with van der Waals surface area (Å²) in [5, 5.41) is 0. The zero-order valence-electron chi connectivity index (χ0n) is 51.2. The van der Waals surface area contributed by atoms with E-state index in [1.807, 2.05) is 14.1 Å². The molecule has 0 rings (SSSR count). The van der Waals surface area contributed by atoms with E-state index in [2.05, 4.69) is 46.4 Å². The Bertz CT molecular complexity index is 1370. The van der Waals surface area contributed by atoms with Crippen LogP contribution in [0.1, 0.15) is 311 Å². The Morgan fingerprint density at radius 3 is 1.08 bits per heavy atom. The number of amides is 1. The number of carbonyl (C=O) groups is 6. The van der Waals surface area contributed by atoms with Crippen LogP contribution in [-0.4, -0.2) is 110 Å². The van der Waals surface area contributed by atoms with Gasteiger partial charge in [-0.05, 0) is 117 Å². The molecule has 3 unspecified atom stereocenters. The standard InChI is InChI=1S/C64H120N2O11/c1-9-15-18-34-44-58(41-12-4)77-64(72)50-49-59(67)66(52-40-31-39-51-65(7)8)55(53-73-60(68)45-35-27-23-19-21-25-29-37-47-62(70)75-56(13-5)42-32-16-10-2)54-74-61(69)46-36-28-24-20-22-26-30-38-48-63(71)76-57(14-6)43-33-17-11-3/h55-58H,9-54H2,1-8H3. The first-order chi connectivity index (χ1) is 37.3. The molecule has 0 N–H and O–H groups in total. The molecule has 0 aromatic carbocycles. The zero-order valence-corrected chi connectivity index (χ0v) is 51.2. The molecule has 452 valence electrons. The maximum atomic E-state index is 14.1. The average molecular weight is 1090 g/mol. The number of rotatable bonds is 56. The van der Waals surface area contributed by atoms with E-state index < -0.39 is 6.04 Å². The summed E-state index contributed by atoms with van der Waals surface area (Å²) in [7, 11) is 4.07. The van der Waals surface area contributed by atoms with Gasteiger partial charge in [0.1, 0.15) is 31.5 Å². The van der Waals surface area contributed by atoms with Gasteiger partial charge in [-0.1, -0.05) is 176 Å². The molecular weight excluding hydrogens is 973 g/mol. The van der Waals surface area contributed by atoms with Crippen molar-refractivity contribution in [1.29, 1.82) is 0 Å². The minimum absolute atomic E-state index is 0.0418. The molecule has 0 bridgehead atoms. The number of carbonyl (C=O) groups excluding carboxylic acids is 6. The van der Waals surface area contributed by atoms with Gasteiger partial charge in [-0.2, -0.15) is 0 Å². The van der Waals surface area contributed by atoms with Crippen LogP contribution < -0.4 is 0 Å². The first-order valence-corrected chi connectivity index (χ1v) is 32.2. The normalized spacial score (nSPS) is 12.9. The highest BCUT2D eigenvalue weighted by atomic mass is 16.6. The summed E-state index contributed by atoms with van der Waals surface area (Å²) < 4.78 is 29.0. The average Bonchev–Trinajstić information content (AvgIpc) is 3.40. The second-order valence-electron chi connectivity index (χ2n) is 22.4. The van der Waals surface area contributed by atoms with Crippen LogP contribution in [0.15, 0.2) is 0 Å². The Labute approximate surface area is 472 Å². The van der Waals surface area contributed by atoms with Crippen molar-refractivity contribution in [3.63, 3.8) is 0 Å². The van der Waals surface area contributed by atoms with E-state index in [0.717, 1.165) is 212 Å². The SMILES string of the molecule is CCCCCCC(CCC)OC(=O)CCC(=O)N(CCCCCN(C)C)C(COC(=O)CCCCCCCCCCC(=O)OC(CC)CCCCC)COC(=O)CCCCCCCCCCC(=O)OC(CC)CCCCC. The molecule has 0 radical (unpaired) electrons. The van der Waals surface area contributed by atoms with Crippen molar-refractivity contribution in [3.8, 4) is 0 Å². The molecule has 0 saturated heterocycles. The van der Waals surface area contributed by atoms with Gasteiger partial charge in [0.25, 0.3) is 0 Å². The lowest BCUT2D eigenvalue weighted by Gasteiger charge is -2.31. The van der Waals surface area contributed by atoms with Gasteiger partial charge in [-0.15, -0.1) is 0 Å². The Morgan fingerprint density at radius 2 is 0.662 bits per heavy atom. The molecule has 13 heteroatoms. The van der Waals surface area contributed by atoms with E-state index >= 15 is 0 Å². The lowest BCUT2D eigenvalue weighted by molar-refractivity contribution is -0.155. The van der Waals surface area contributed by atoms with Gasteiger partial charge in [0, 0.05) is 38.6 Å². The van der Waals surface area contributed by atoms with E-state index in [0.29, 0.717) is 32.2 Å². The molecule has 0 heterocycles. The van der Waals surface area contributed by atoms with Crippen molar-refractivity contribution in [2.45, 2.75) is 336 Å². The van der Waals surface area contributed by atoms with Crippen LogP contribution in [-0.2, 0) is 52.5 Å². The molecule has 0 saturated carbocycles. The van der Waals surface area contributed by atoms with Crippen LogP contribution in [0.3, 0.4) is 0 Å². The summed E-state index contributed by atoms with van der Waals surface area (Å²) >= 11 is 0. The smallest absolute Gasteiger partial charge is 0.306 e. The molecule has 13 nitrogen and oxygen atoms in total. The van der Waals surface area contributed by atoms with Gasteiger partial charge in [-0.3, -0.25) is 28.8 Å². The summed E-state index contributed by atoms with van der Waals surface area (Å²) in [6.45, 7) is 13.9. The molecule has 77 heavy (non-hydrogen) atoms. The van der Waals surface area contributed by atoms with Crippen molar-refractivity contribution >= 4 is 35.8 Å². The number of hydrogen-bond donors (Lipinski definition) is 0. The minimum atomic E-state index is -0.687. The van der Waals surface area contributed by atoms with Crippen molar-refractivity contribution in [2.75, 3.05) is 40.4 Å². The third-order valence-electron chi connectivity index (χ3n) is 14.8. The van der Waals surface area contributed by atoms with Gasteiger partial charge in [0.15, 0.2) is 0 Å². The fourth-order valence-corrected chi connectivity index (χ4v) is 9.75. The highest BCUT2D eigenvalue weighted by Gasteiger charge is 2.28. The van der Waals surface area contributed by atoms with Crippen molar-refractivity contribution in [2.24, 2.45) is 0 Å². The van der Waals surface area contributed by atoms with Gasteiger partial charge in [-0.25, -0.2) is 0 Å². The van der Waals surface area contributed by atoms with Gasteiger partial charge < -0.3 is 33.5 Å². The molecule has 0 aliphatic rings. The summed E-state index contributed by atoms with van der Waals surface area (Å²) in [5.41, 5.74) is 0. The summed E-state index contributed by atoms with van der Waals surface area (Å²) in [6.07, 6.45) is 36.8. The van der Waals surface area contributed by atoms with Gasteiger partial charge in [0.2, 0.25) is 5.91 Å². The van der Waals surface area contributed by atoms with Crippen molar-refractivity contribution in [3.05, 3.63) is 0 Å². The first kappa shape index (κ1) is 73.8. The topological polar surface area (TPSA) is 155 Å². The van der Waals surface area contributed by atoms with E-state index in [1.165, 1.54) is 12.8 Å². The molecule has 0 aromatic rings. The predicted molar refractivity (Wildman–Crippen MR) is 314 cm³/mol. The van der Waals surface area contributed by atoms with E-state index in [4.69, 9.17) is 23.7 Å². The Balaban J connectivity index is 5.35. The Hall–Kier alpha value is -3.22. The van der Waals surface area contributed by atoms with E-state index in [1.54, 1.807) is 4.90 Å². The largest absolute Gasteiger partial charge is 0.463 e. The zero-order chi connectivity index (χ0) is 57.0. The lowest BCUT2D eigenvalue weighted by atomic mass is 10.1. The second-order valence-corrected chi connectivity index (χ2v) is 22.4. The molecule has 0 aromatic heterocycles. The highest BCUT2D eigenvalue weighted by molar-refractivity contribution is 5.82. The summed E-state index contributed by atoms with van der Waals surface area (Å²) in [6, 6.07) is -0.687. The molecule has 0 aliphatic heterocycles. The van der Waals surface area contributed by atoms with Crippen LogP contribution in [0.4, 0.5) is 0 Å². The van der Waals surface area contributed by atoms with Crippen molar-refractivity contribution < 1.29 is 52.5 Å². The minimum Gasteiger partial charge on any atom is -0.463 e. The number of unbranched alkanes of at least 4 members (excludes halogenated alkanes) is 23. The van der Waals surface area contributed by atoms with Crippen LogP contribution in [0.25, 0.3) is 0 Å². The number of hydrogen-bond acceptors (Lipinski definition) is 12. The molecule has 0 spiro atoms. The van der Waals surface area contributed by atoms with Gasteiger partial charge in [0.05, 0.1) is 12.5 Å². The first-order valence-electron chi connectivity index (χ1n) is 32.2. The van der Waals surface area contributed by atoms with Crippen LogP contribution in [0.2, 0.25) is 0 Å². The van der Waals surface area contributed by atoms with Crippen molar-refractivity contribution in [1.82, 2.24) is 9.80 Å². The summed E-state index contributed by atoms with van der Waals surface area (Å²) in [4.78, 5) is 82.2. The lowest BCUT2D eigenvalue weighted by Crippen LogP contribution is -2.47. The number of esters is 5. The Kier molecular flexibility index (Phi) is 51.2. The van der Waals surface area contributed by atoms with Gasteiger partial charge >= 0.3 is 29.8 Å². The third-order valence-corrected chi connectivity index (χ3v) is 14.8. The van der Waals surface area contributed by atoms with Crippen LogP contribution in [0, 0.1) is 0 Å². The number of ether oxygens (including phenoxy) is 5. The molecular formula is C64H120N2O11. The Morgan fingerprint density at radius 1 is 0.325 bits per heavy atom. The second kappa shape index (κ2) is 53.4. The van der Waals surface area contributed by atoms with E-state index in [9.17, 15) is 28.8 Å². The molecule has 0 fully saturated rings. The fraction of sp³-hybridized carbons (Fsp3) is 0.906.